The van der Waals surface area contributed by atoms with E-state index in [1.807, 2.05) is 60.8 Å². The Labute approximate surface area is 184 Å². The first-order valence-electron chi connectivity index (χ1n) is 9.58. The van der Waals surface area contributed by atoms with Crippen molar-refractivity contribution in [2.45, 2.75) is 6.54 Å². The van der Waals surface area contributed by atoms with Crippen LogP contribution in [-0.4, -0.2) is 15.6 Å². The third-order valence-corrected chi connectivity index (χ3v) is 5.28. The van der Waals surface area contributed by atoms with Crippen LogP contribution in [0.1, 0.15) is 11.1 Å². The van der Waals surface area contributed by atoms with E-state index in [1.54, 1.807) is 18.2 Å². The molecule has 4 rings (SSSR count). The largest absolute Gasteiger partial charge is 0.508 e. The van der Waals surface area contributed by atoms with Crippen LogP contribution in [0.2, 0.25) is 5.02 Å². The molecule has 0 radical (unpaired) electrons. The number of carbonyl (C=O) groups excluding carboxylic acids is 1. The highest BCUT2D eigenvalue weighted by Crippen LogP contribution is 2.26. The number of para-hydroxylation sites is 1. The van der Waals surface area contributed by atoms with Crippen LogP contribution in [0.3, 0.4) is 0 Å². The summed E-state index contributed by atoms with van der Waals surface area (Å²) >= 11 is 6.33. The van der Waals surface area contributed by atoms with Crippen molar-refractivity contribution < 1.29 is 9.90 Å². The van der Waals surface area contributed by atoms with Gasteiger partial charge in [0.15, 0.2) is 0 Å². The first kappa shape index (κ1) is 20.3. The van der Waals surface area contributed by atoms with E-state index in [0.29, 0.717) is 17.3 Å². The number of nitrogens with one attached hydrogen (secondary N) is 1. The van der Waals surface area contributed by atoms with Crippen LogP contribution in [-0.2, 0) is 11.3 Å². The fraction of sp³-hybridized carbons (Fsp3) is 0.0400. The van der Waals surface area contributed by atoms with Gasteiger partial charge in [0.2, 0.25) is 0 Å². The SMILES string of the molecule is N#CC(=Cc1cn(Cc2ccccc2Cl)c2ccccc12)C(=O)Nc1ccc(O)cc1. The van der Waals surface area contributed by atoms with Gasteiger partial charge in [0.1, 0.15) is 17.4 Å². The van der Waals surface area contributed by atoms with Crippen molar-refractivity contribution in [3.05, 3.63) is 101 Å². The predicted molar refractivity (Wildman–Crippen MR) is 123 cm³/mol. The highest BCUT2D eigenvalue weighted by molar-refractivity contribution is 6.31. The Morgan fingerprint density at radius 2 is 1.77 bits per heavy atom. The summed E-state index contributed by atoms with van der Waals surface area (Å²) in [4.78, 5) is 12.6. The summed E-state index contributed by atoms with van der Waals surface area (Å²) in [6.45, 7) is 0.565. The fourth-order valence-corrected chi connectivity index (χ4v) is 3.57. The molecular formula is C25H18ClN3O2. The number of aromatic nitrogens is 1. The van der Waals surface area contributed by atoms with E-state index >= 15 is 0 Å². The molecule has 0 saturated carbocycles. The van der Waals surface area contributed by atoms with Gasteiger partial charge in [-0.3, -0.25) is 4.79 Å². The van der Waals surface area contributed by atoms with Crippen molar-refractivity contribution in [2.24, 2.45) is 0 Å². The van der Waals surface area contributed by atoms with Gasteiger partial charge in [-0.1, -0.05) is 48.0 Å². The van der Waals surface area contributed by atoms with Gasteiger partial charge in [-0.25, -0.2) is 0 Å². The van der Waals surface area contributed by atoms with Crippen LogP contribution >= 0.6 is 11.6 Å². The van der Waals surface area contributed by atoms with Crippen molar-refractivity contribution in [3.8, 4) is 11.8 Å². The summed E-state index contributed by atoms with van der Waals surface area (Å²) in [6, 6.07) is 23.5. The monoisotopic (exact) mass is 427 g/mol. The van der Waals surface area contributed by atoms with E-state index in [9.17, 15) is 15.2 Å². The third-order valence-electron chi connectivity index (χ3n) is 4.91. The van der Waals surface area contributed by atoms with E-state index in [1.165, 1.54) is 12.1 Å². The van der Waals surface area contributed by atoms with Crippen LogP contribution in [0.15, 0.2) is 84.6 Å². The average Bonchev–Trinajstić information content (AvgIpc) is 3.12. The van der Waals surface area contributed by atoms with Gasteiger partial charge < -0.3 is 15.0 Å². The lowest BCUT2D eigenvalue weighted by atomic mass is 10.1. The van der Waals surface area contributed by atoms with Crippen LogP contribution in [0.4, 0.5) is 5.69 Å². The molecule has 0 aliphatic rings. The molecule has 6 heteroatoms. The van der Waals surface area contributed by atoms with Gasteiger partial charge in [-0.05, 0) is 48.0 Å². The van der Waals surface area contributed by atoms with E-state index in [4.69, 9.17) is 11.6 Å². The summed E-state index contributed by atoms with van der Waals surface area (Å²) in [5.74, 6) is -0.420. The number of nitrogens with zero attached hydrogens (tertiary/aromatic N) is 2. The average molecular weight is 428 g/mol. The standard InChI is InChI=1S/C25H18ClN3O2/c26-23-7-3-1-5-17(23)15-29-16-19(22-6-2-4-8-24(22)29)13-18(14-27)25(31)28-20-9-11-21(30)12-10-20/h1-13,16,30H,15H2,(H,28,31). The molecule has 0 saturated heterocycles. The molecule has 0 bridgehead atoms. The zero-order chi connectivity index (χ0) is 21.8. The zero-order valence-corrected chi connectivity index (χ0v) is 17.2. The number of phenols is 1. The van der Waals surface area contributed by atoms with Gasteiger partial charge in [0.05, 0.1) is 0 Å². The molecule has 3 aromatic carbocycles. The molecule has 0 spiro atoms. The van der Waals surface area contributed by atoms with Crippen molar-refractivity contribution in [3.63, 3.8) is 0 Å². The maximum absolute atomic E-state index is 12.6. The maximum atomic E-state index is 12.6. The Morgan fingerprint density at radius 1 is 1.06 bits per heavy atom. The van der Waals surface area contributed by atoms with Crippen molar-refractivity contribution >= 4 is 40.2 Å². The highest BCUT2D eigenvalue weighted by Gasteiger charge is 2.13. The molecule has 1 aromatic heterocycles. The second-order valence-corrected chi connectivity index (χ2v) is 7.40. The molecule has 1 amide bonds. The summed E-state index contributed by atoms with van der Waals surface area (Å²) in [6.07, 6.45) is 3.50. The number of aromatic hydroxyl groups is 1. The molecule has 2 N–H and O–H groups in total. The topological polar surface area (TPSA) is 78.0 Å². The Morgan fingerprint density at radius 3 is 2.52 bits per heavy atom. The molecule has 152 valence electrons. The van der Waals surface area contributed by atoms with Crippen molar-refractivity contribution in [1.29, 1.82) is 5.26 Å². The molecule has 0 unspecified atom stereocenters. The summed E-state index contributed by atoms with van der Waals surface area (Å²) in [7, 11) is 0. The Kier molecular flexibility index (Phi) is 5.74. The number of anilines is 1. The minimum atomic E-state index is -0.517. The highest BCUT2D eigenvalue weighted by atomic mass is 35.5. The number of hydrogen-bond acceptors (Lipinski definition) is 3. The number of nitriles is 1. The Bertz CT molecular complexity index is 1330. The first-order valence-corrected chi connectivity index (χ1v) is 9.96. The van der Waals surface area contributed by atoms with E-state index in [2.05, 4.69) is 9.88 Å². The summed E-state index contributed by atoms with van der Waals surface area (Å²) < 4.78 is 2.05. The van der Waals surface area contributed by atoms with Gasteiger partial charge in [0.25, 0.3) is 5.91 Å². The third kappa shape index (κ3) is 4.45. The number of carbonyl (C=O) groups is 1. The zero-order valence-electron chi connectivity index (χ0n) is 16.4. The lowest BCUT2D eigenvalue weighted by Gasteiger charge is -2.07. The van der Waals surface area contributed by atoms with E-state index in [-0.39, 0.29) is 11.3 Å². The lowest BCUT2D eigenvalue weighted by Crippen LogP contribution is -2.13. The summed E-state index contributed by atoms with van der Waals surface area (Å²) in [5.41, 5.74) is 3.19. The number of benzene rings is 3. The number of rotatable bonds is 5. The van der Waals surface area contributed by atoms with Gasteiger partial charge in [0, 0.05) is 39.9 Å². The fourth-order valence-electron chi connectivity index (χ4n) is 3.38. The summed E-state index contributed by atoms with van der Waals surface area (Å²) in [5, 5.41) is 23.3. The number of hydrogen-bond donors (Lipinski definition) is 2. The van der Waals surface area contributed by atoms with Crippen LogP contribution in [0.5, 0.6) is 5.75 Å². The predicted octanol–water partition coefficient (Wildman–Crippen LogP) is 5.59. The molecular weight excluding hydrogens is 410 g/mol. The number of halogens is 1. The second-order valence-electron chi connectivity index (χ2n) is 6.99. The van der Waals surface area contributed by atoms with Crippen LogP contribution in [0.25, 0.3) is 17.0 Å². The number of fused-ring (bicyclic) bond motifs is 1. The van der Waals surface area contributed by atoms with Gasteiger partial charge in [-0.15, -0.1) is 0 Å². The minimum Gasteiger partial charge on any atom is -0.508 e. The number of amides is 1. The van der Waals surface area contributed by atoms with Gasteiger partial charge >= 0.3 is 0 Å². The normalized spacial score (nSPS) is 11.3. The maximum Gasteiger partial charge on any atom is 0.266 e. The molecule has 0 atom stereocenters. The number of phenolic OH excluding ortho intramolecular Hbond substituents is 1. The smallest absolute Gasteiger partial charge is 0.266 e. The second kappa shape index (κ2) is 8.78. The molecule has 0 aliphatic heterocycles. The molecule has 0 fully saturated rings. The first-order chi connectivity index (χ1) is 15.0. The van der Waals surface area contributed by atoms with Crippen molar-refractivity contribution in [2.75, 3.05) is 5.32 Å². The molecule has 0 aliphatic carbocycles. The lowest BCUT2D eigenvalue weighted by molar-refractivity contribution is -0.112. The minimum absolute atomic E-state index is 0.0197. The van der Waals surface area contributed by atoms with E-state index in [0.717, 1.165) is 22.0 Å². The Hall–Kier alpha value is -4.01. The van der Waals surface area contributed by atoms with Crippen LogP contribution < -0.4 is 5.32 Å². The molecule has 5 nitrogen and oxygen atoms in total. The van der Waals surface area contributed by atoms with E-state index < -0.39 is 5.91 Å². The van der Waals surface area contributed by atoms with Gasteiger partial charge in [-0.2, -0.15) is 5.26 Å². The Balaban J connectivity index is 1.68. The molecule has 4 aromatic rings. The van der Waals surface area contributed by atoms with Crippen molar-refractivity contribution in [1.82, 2.24) is 4.57 Å². The quantitative estimate of drug-likeness (QED) is 0.247. The molecule has 31 heavy (non-hydrogen) atoms. The van der Waals surface area contributed by atoms with Crippen LogP contribution in [0, 0.1) is 11.3 Å². The molecule has 1 heterocycles.